The lowest BCUT2D eigenvalue weighted by Gasteiger charge is -2.24. The lowest BCUT2D eigenvalue weighted by molar-refractivity contribution is -0.145. The molecule has 9 nitrogen and oxygen atoms in total. The molecule has 0 spiro atoms. The summed E-state index contributed by atoms with van der Waals surface area (Å²) in [5.41, 5.74) is -0.439. The van der Waals surface area contributed by atoms with Crippen molar-refractivity contribution in [2.45, 2.75) is 40.2 Å². The maximum absolute atomic E-state index is 12.2. The first-order valence-corrected chi connectivity index (χ1v) is 8.05. The van der Waals surface area contributed by atoms with E-state index in [2.05, 4.69) is 5.32 Å². The Labute approximate surface area is 147 Å². The summed E-state index contributed by atoms with van der Waals surface area (Å²) in [5.74, 6) is -2.92. The van der Waals surface area contributed by atoms with Crippen molar-refractivity contribution in [2.75, 3.05) is 26.7 Å². The quantitative estimate of drug-likeness (QED) is 0.525. The van der Waals surface area contributed by atoms with Crippen LogP contribution in [0.5, 0.6) is 0 Å². The van der Waals surface area contributed by atoms with Gasteiger partial charge in [0.25, 0.3) is 0 Å². The number of imide groups is 2. The van der Waals surface area contributed by atoms with Crippen LogP contribution in [0.15, 0.2) is 0 Å². The van der Waals surface area contributed by atoms with Crippen LogP contribution >= 0.6 is 0 Å². The second kappa shape index (κ2) is 7.62. The number of likely N-dealkylation sites (N-methyl/N-ethyl adjacent to an activating group) is 1. The molecule has 1 aliphatic rings. The summed E-state index contributed by atoms with van der Waals surface area (Å²) in [4.78, 5) is 62.6. The van der Waals surface area contributed by atoms with Gasteiger partial charge in [-0.3, -0.25) is 24.1 Å². The number of hydrogen-bond donors (Lipinski definition) is 1. The zero-order valence-electron chi connectivity index (χ0n) is 15.6. The number of carbonyl (C=O) groups excluding carboxylic acids is 5. The van der Waals surface area contributed by atoms with Gasteiger partial charge < -0.3 is 10.2 Å². The Kier molecular flexibility index (Phi) is 6.28. The van der Waals surface area contributed by atoms with Crippen LogP contribution in [0, 0.1) is 5.92 Å². The number of hydrogen-bond acceptors (Lipinski definition) is 5. The first-order chi connectivity index (χ1) is 11.3. The SMILES string of the molecule is CC(C)CN1C(=O)C(=O)N(CC(=O)N(C)CC(=O)NC(C)(C)C)C1=O. The van der Waals surface area contributed by atoms with Crippen molar-refractivity contribution < 1.29 is 24.0 Å². The fourth-order valence-electron chi connectivity index (χ4n) is 2.23. The first kappa shape index (κ1) is 20.6. The van der Waals surface area contributed by atoms with E-state index in [9.17, 15) is 24.0 Å². The summed E-state index contributed by atoms with van der Waals surface area (Å²) in [7, 11) is 1.39. The average Bonchev–Trinajstić information content (AvgIpc) is 2.62. The smallest absolute Gasteiger partial charge is 0.334 e. The molecule has 1 rings (SSSR count). The van der Waals surface area contributed by atoms with Gasteiger partial charge in [0, 0.05) is 19.1 Å². The minimum Gasteiger partial charge on any atom is -0.350 e. The van der Waals surface area contributed by atoms with Crippen LogP contribution in [0.4, 0.5) is 4.79 Å². The molecule has 1 fully saturated rings. The van der Waals surface area contributed by atoms with E-state index in [1.165, 1.54) is 7.05 Å². The molecule has 0 saturated carbocycles. The van der Waals surface area contributed by atoms with Gasteiger partial charge >= 0.3 is 17.8 Å². The molecule has 9 heteroatoms. The number of nitrogens with one attached hydrogen (secondary N) is 1. The molecular formula is C16H26N4O5. The lowest BCUT2D eigenvalue weighted by Crippen LogP contribution is -2.48. The standard InChI is InChI=1S/C16H26N4O5/c1-10(2)7-19-13(23)14(24)20(15(19)25)9-12(22)18(6)8-11(21)17-16(3,4)5/h10H,7-9H2,1-6H3,(H,17,21). The molecule has 1 N–H and O–H groups in total. The lowest BCUT2D eigenvalue weighted by atomic mass is 10.1. The van der Waals surface area contributed by atoms with Gasteiger partial charge in [-0.05, 0) is 26.7 Å². The molecule has 6 amide bonds. The Balaban J connectivity index is 2.70. The summed E-state index contributed by atoms with van der Waals surface area (Å²) < 4.78 is 0. The molecule has 0 aromatic rings. The van der Waals surface area contributed by atoms with Gasteiger partial charge in [0.15, 0.2) is 0 Å². The molecule has 1 aliphatic heterocycles. The number of amides is 6. The normalized spacial score (nSPS) is 15.2. The van der Waals surface area contributed by atoms with E-state index < -0.39 is 35.8 Å². The summed E-state index contributed by atoms with van der Waals surface area (Å²) in [5, 5.41) is 2.71. The Morgan fingerprint density at radius 3 is 2.08 bits per heavy atom. The van der Waals surface area contributed by atoms with Crippen molar-refractivity contribution in [2.24, 2.45) is 5.92 Å². The Morgan fingerprint density at radius 2 is 1.60 bits per heavy atom. The molecule has 0 unspecified atom stereocenters. The third kappa shape index (κ3) is 5.54. The van der Waals surface area contributed by atoms with Crippen molar-refractivity contribution in [3.05, 3.63) is 0 Å². The largest absolute Gasteiger partial charge is 0.350 e. The van der Waals surface area contributed by atoms with E-state index in [1.807, 2.05) is 20.8 Å². The fourth-order valence-corrected chi connectivity index (χ4v) is 2.23. The van der Waals surface area contributed by atoms with Crippen LogP contribution in [-0.2, 0) is 19.2 Å². The highest BCUT2D eigenvalue weighted by molar-refractivity contribution is 6.45. The first-order valence-electron chi connectivity index (χ1n) is 8.05. The van der Waals surface area contributed by atoms with Gasteiger partial charge in [-0.25, -0.2) is 9.69 Å². The van der Waals surface area contributed by atoms with Gasteiger partial charge in [-0.1, -0.05) is 13.8 Å². The molecule has 0 aromatic heterocycles. The van der Waals surface area contributed by atoms with Gasteiger partial charge in [0.1, 0.15) is 6.54 Å². The number of carbonyl (C=O) groups is 5. The zero-order valence-corrected chi connectivity index (χ0v) is 15.6. The highest BCUT2D eigenvalue weighted by Gasteiger charge is 2.45. The Hall–Kier alpha value is -2.45. The van der Waals surface area contributed by atoms with Crippen LogP contribution in [0.25, 0.3) is 0 Å². The minimum absolute atomic E-state index is 0.000110. The van der Waals surface area contributed by atoms with E-state index in [1.54, 1.807) is 13.8 Å². The van der Waals surface area contributed by atoms with Crippen molar-refractivity contribution in [3.8, 4) is 0 Å². The van der Waals surface area contributed by atoms with Crippen molar-refractivity contribution in [1.82, 2.24) is 20.0 Å². The topological polar surface area (TPSA) is 107 Å². The summed E-state index contributed by atoms with van der Waals surface area (Å²) in [6.45, 7) is 8.36. The molecule has 140 valence electrons. The van der Waals surface area contributed by atoms with E-state index in [0.717, 1.165) is 9.80 Å². The zero-order chi connectivity index (χ0) is 19.5. The van der Waals surface area contributed by atoms with Crippen LogP contribution in [-0.4, -0.2) is 76.6 Å². The molecule has 0 atom stereocenters. The summed E-state index contributed by atoms with van der Waals surface area (Å²) in [6, 6.07) is -0.801. The van der Waals surface area contributed by atoms with Gasteiger partial charge in [0.05, 0.1) is 6.54 Å². The van der Waals surface area contributed by atoms with E-state index >= 15 is 0 Å². The number of urea groups is 1. The maximum Gasteiger partial charge on any atom is 0.334 e. The third-order valence-electron chi connectivity index (χ3n) is 3.30. The Bertz CT molecular complexity index is 594. The van der Waals surface area contributed by atoms with Gasteiger partial charge in [-0.2, -0.15) is 0 Å². The molecule has 0 aliphatic carbocycles. The van der Waals surface area contributed by atoms with Crippen LogP contribution < -0.4 is 5.32 Å². The van der Waals surface area contributed by atoms with Crippen molar-refractivity contribution in [1.29, 1.82) is 0 Å². The second-order valence-corrected chi connectivity index (χ2v) is 7.53. The average molecular weight is 354 g/mol. The van der Waals surface area contributed by atoms with E-state index in [4.69, 9.17) is 0 Å². The summed E-state index contributed by atoms with van der Waals surface area (Å²) >= 11 is 0. The molecule has 0 bridgehead atoms. The van der Waals surface area contributed by atoms with Crippen molar-refractivity contribution >= 4 is 29.7 Å². The predicted octanol–water partition coefficient (Wildman–Crippen LogP) is -0.194. The molecule has 0 aromatic carbocycles. The van der Waals surface area contributed by atoms with Crippen LogP contribution in [0.3, 0.4) is 0 Å². The molecule has 25 heavy (non-hydrogen) atoms. The molecular weight excluding hydrogens is 328 g/mol. The highest BCUT2D eigenvalue weighted by atomic mass is 16.2. The summed E-state index contributed by atoms with van der Waals surface area (Å²) in [6.07, 6.45) is 0. The van der Waals surface area contributed by atoms with E-state index in [0.29, 0.717) is 4.90 Å². The molecule has 1 heterocycles. The third-order valence-corrected chi connectivity index (χ3v) is 3.30. The monoisotopic (exact) mass is 354 g/mol. The van der Waals surface area contributed by atoms with Gasteiger partial charge in [0.2, 0.25) is 11.8 Å². The Morgan fingerprint density at radius 1 is 1.08 bits per heavy atom. The number of nitrogens with zero attached hydrogens (tertiary/aromatic N) is 3. The minimum atomic E-state index is -1.02. The molecule has 1 saturated heterocycles. The predicted molar refractivity (Wildman–Crippen MR) is 89.2 cm³/mol. The van der Waals surface area contributed by atoms with Gasteiger partial charge in [-0.15, -0.1) is 0 Å². The number of rotatable bonds is 6. The van der Waals surface area contributed by atoms with Crippen LogP contribution in [0.2, 0.25) is 0 Å². The van der Waals surface area contributed by atoms with Crippen molar-refractivity contribution in [3.63, 3.8) is 0 Å². The van der Waals surface area contributed by atoms with Crippen LogP contribution in [0.1, 0.15) is 34.6 Å². The second-order valence-electron chi connectivity index (χ2n) is 7.53. The fraction of sp³-hybridized carbons (Fsp3) is 0.688. The molecule has 0 radical (unpaired) electrons. The van der Waals surface area contributed by atoms with E-state index in [-0.39, 0.29) is 24.9 Å². The highest BCUT2D eigenvalue weighted by Crippen LogP contribution is 2.14. The maximum atomic E-state index is 12.2.